The number of carbonyl (C=O) groups excluding carboxylic acids is 1. The minimum Gasteiger partial charge on any atom is -0.333 e. The van der Waals surface area contributed by atoms with Gasteiger partial charge in [-0.15, -0.1) is 0 Å². The maximum Gasteiger partial charge on any atom is 0.148 e. The summed E-state index contributed by atoms with van der Waals surface area (Å²) in [5.74, 6) is 1.07. The molecule has 1 aliphatic heterocycles. The zero-order valence-corrected chi connectivity index (χ0v) is 26.8. The third-order valence-electron chi connectivity index (χ3n) is 6.79. The topological polar surface area (TPSA) is 72.1 Å². The normalized spacial score (nSPS) is 14.9. The number of aldehydes is 1. The van der Waals surface area contributed by atoms with Gasteiger partial charge in [0.25, 0.3) is 0 Å². The molecule has 228 valence electrons. The molecule has 0 amide bonds. The van der Waals surface area contributed by atoms with Gasteiger partial charge in [0.15, 0.2) is 0 Å². The number of likely N-dealkylation sites (N-methyl/N-ethyl adjacent to an activating group) is 2. The van der Waals surface area contributed by atoms with Crippen molar-refractivity contribution in [1.29, 1.82) is 5.26 Å². The highest BCUT2D eigenvalue weighted by Crippen LogP contribution is 2.17. The molecule has 0 saturated heterocycles. The Morgan fingerprint density at radius 2 is 1.81 bits per heavy atom. The van der Waals surface area contributed by atoms with Crippen LogP contribution in [0.3, 0.4) is 0 Å². The van der Waals surface area contributed by atoms with Crippen LogP contribution in [0.15, 0.2) is 112 Å². The van der Waals surface area contributed by atoms with Gasteiger partial charge in [-0.25, -0.2) is 0 Å². The Labute approximate surface area is 260 Å². The Kier molecular flexibility index (Phi) is 19.0. The quantitative estimate of drug-likeness (QED) is 0.125. The molecule has 6 nitrogen and oxygen atoms in total. The third kappa shape index (κ3) is 15.5. The number of amidine groups is 1. The van der Waals surface area contributed by atoms with E-state index in [-0.39, 0.29) is 0 Å². The zero-order chi connectivity index (χ0) is 31.9. The van der Waals surface area contributed by atoms with Gasteiger partial charge in [0, 0.05) is 30.4 Å². The van der Waals surface area contributed by atoms with Gasteiger partial charge in [-0.1, -0.05) is 93.1 Å². The van der Waals surface area contributed by atoms with Gasteiger partial charge in [-0.3, -0.25) is 19.7 Å². The zero-order valence-electron chi connectivity index (χ0n) is 26.8. The molecule has 0 aromatic heterocycles. The number of carbonyl (C=O) groups is 1. The van der Waals surface area contributed by atoms with Crippen LogP contribution in [0.1, 0.15) is 56.2 Å². The predicted molar refractivity (Wildman–Crippen MR) is 183 cm³/mol. The number of nitriles is 1. The number of aliphatic imine (C=N–C) groups is 2. The molecular weight excluding hydrogens is 530 g/mol. The lowest BCUT2D eigenvalue weighted by Gasteiger charge is -2.25. The van der Waals surface area contributed by atoms with Gasteiger partial charge in [0.05, 0.1) is 24.7 Å². The smallest absolute Gasteiger partial charge is 0.148 e. The first-order valence-electron chi connectivity index (χ1n) is 14.9. The highest BCUT2D eigenvalue weighted by Gasteiger charge is 2.10. The number of unbranched alkanes of at least 4 members (excludes halogenated alkanes) is 1. The molecule has 0 bridgehead atoms. The minimum atomic E-state index is 0.641. The van der Waals surface area contributed by atoms with Crippen LogP contribution < -0.4 is 0 Å². The van der Waals surface area contributed by atoms with Crippen LogP contribution in [-0.2, 0) is 11.2 Å². The lowest BCUT2D eigenvalue weighted by molar-refractivity contribution is -0.105. The Morgan fingerprint density at radius 1 is 1.12 bits per heavy atom. The van der Waals surface area contributed by atoms with E-state index in [0.29, 0.717) is 12.0 Å². The molecule has 0 unspecified atom stereocenters. The van der Waals surface area contributed by atoms with Crippen molar-refractivity contribution in [2.24, 2.45) is 9.98 Å². The SMILES string of the molecule is C=C1/C=C\C/C=C\CN=C(CN(C)CC)N1C.C=N/C(CCCC)=C(\C=O)Cc1ccc(C)cc1.N#Cc1ccccc1. The van der Waals surface area contributed by atoms with Crippen LogP contribution in [-0.4, -0.2) is 62.4 Å². The van der Waals surface area contributed by atoms with E-state index in [0.717, 1.165) is 80.0 Å². The van der Waals surface area contributed by atoms with E-state index < -0.39 is 0 Å². The number of aryl methyl sites for hydroxylation is 1. The second-order valence-electron chi connectivity index (χ2n) is 10.2. The molecule has 0 atom stereocenters. The average molecular weight is 580 g/mol. The number of hydrogen-bond donors (Lipinski definition) is 0. The van der Waals surface area contributed by atoms with E-state index in [1.807, 2.05) is 31.3 Å². The molecule has 2 aromatic carbocycles. The van der Waals surface area contributed by atoms with Crippen molar-refractivity contribution in [2.75, 3.05) is 33.7 Å². The first-order chi connectivity index (χ1) is 20.8. The van der Waals surface area contributed by atoms with Crippen LogP contribution in [0.5, 0.6) is 0 Å². The van der Waals surface area contributed by atoms with Crippen LogP contribution in [0.25, 0.3) is 0 Å². The summed E-state index contributed by atoms with van der Waals surface area (Å²) in [7, 11) is 4.13. The highest BCUT2D eigenvalue weighted by molar-refractivity contribution is 5.86. The lowest BCUT2D eigenvalue weighted by Crippen LogP contribution is -2.36. The lowest BCUT2D eigenvalue weighted by atomic mass is 10.0. The van der Waals surface area contributed by atoms with Gasteiger partial charge in [-0.2, -0.15) is 5.26 Å². The number of hydrogen-bond acceptors (Lipinski definition) is 6. The summed E-state index contributed by atoms with van der Waals surface area (Å²) in [6, 6.07) is 19.4. The molecule has 3 rings (SSSR count). The van der Waals surface area contributed by atoms with E-state index in [1.165, 1.54) is 5.56 Å². The number of rotatable bonds is 10. The molecule has 2 aromatic rings. The molecule has 1 heterocycles. The Balaban J connectivity index is 0.000000345. The van der Waals surface area contributed by atoms with E-state index >= 15 is 0 Å². The second-order valence-corrected chi connectivity index (χ2v) is 10.2. The predicted octanol–water partition coefficient (Wildman–Crippen LogP) is 7.74. The molecule has 1 aliphatic rings. The Morgan fingerprint density at radius 3 is 2.37 bits per heavy atom. The van der Waals surface area contributed by atoms with Gasteiger partial charge in [-0.05, 0) is 70.3 Å². The molecule has 0 aliphatic carbocycles. The van der Waals surface area contributed by atoms with E-state index in [1.54, 1.807) is 12.1 Å². The van der Waals surface area contributed by atoms with Crippen molar-refractivity contribution in [3.05, 3.63) is 119 Å². The van der Waals surface area contributed by atoms with Crippen LogP contribution in [0.4, 0.5) is 0 Å². The summed E-state index contributed by atoms with van der Waals surface area (Å²) < 4.78 is 0. The van der Waals surface area contributed by atoms with Crippen molar-refractivity contribution >= 4 is 18.8 Å². The second kappa shape index (κ2) is 22.3. The Bertz CT molecular complexity index is 1280. The highest BCUT2D eigenvalue weighted by atomic mass is 16.1. The van der Waals surface area contributed by atoms with Crippen molar-refractivity contribution in [2.45, 2.75) is 52.9 Å². The van der Waals surface area contributed by atoms with Crippen molar-refractivity contribution in [1.82, 2.24) is 9.80 Å². The van der Waals surface area contributed by atoms with E-state index in [2.05, 4.69) is 109 Å². The molecule has 0 spiro atoms. The van der Waals surface area contributed by atoms with Crippen LogP contribution in [0.2, 0.25) is 0 Å². The van der Waals surface area contributed by atoms with E-state index in [9.17, 15) is 4.79 Å². The third-order valence-corrected chi connectivity index (χ3v) is 6.79. The summed E-state index contributed by atoms with van der Waals surface area (Å²) >= 11 is 0. The van der Waals surface area contributed by atoms with Crippen molar-refractivity contribution in [3.63, 3.8) is 0 Å². The molecule has 0 saturated carbocycles. The molecule has 6 heteroatoms. The maximum absolute atomic E-state index is 11.2. The number of benzene rings is 2. The molecule has 0 N–H and O–H groups in total. The summed E-state index contributed by atoms with van der Waals surface area (Å²) in [6.45, 7) is 16.6. The number of allylic oxidation sites excluding steroid dienone is 5. The van der Waals surface area contributed by atoms with Crippen molar-refractivity contribution < 1.29 is 4.79 Å². The fourth-order valence-corrected chi connectivity index (χ4v) is 3.84. The summed E-state index contributed by atoms with van der Waals surface area (Å²) in [6.07, 6.45) is 13.9. The van der Waals surface area contributed by atoms with Gasteiger partial charge >= 0.3 is 0 Å². The number of nitrogens with zero attached hydrogens (tertiary/aromatic N) is 5. The molecule has 43 heavy (non-hydrogen) atoms. The maximum atomic E-state index is 11.2. The first kappa shape index (κ1) is 36.7. The Hall–Kier alpha value is -4.34. The van der Waals surface area contributed by atoms with Crippen LogP contribution in [0, 0.1) is 18.3 Å². The minimum absolute atomic E-state index is 0.641. The first-order valence-corrected chi connectivity index (χ1v) is 14.9. The molecule has 0 fully saturated rings. The van der Waals surface area contributed by atoms with Crippen molar-refractivity contribution in [3.8, 4) is 6.07 Å². The van der Waals surface area contributed by atoms with Gasteiger partial charge in [0.2, 0.25) is 0 Å². The summed E-state index contributed by atoms with van der Waals surface area (Å²) in [5, 5.41) is 8.29. The fraction of sp³-hybridized carbons (Fsp3) is 0.351. The standard InChI is InChI=1S/C16H21NO.C14H23N3.C7H5N/c1-4-5-6-16(17-3)15(12-18)11-14-9-7-13(2)8-10-14;1-5-16(3)12-14-15-11-9-7-6-8-10-13(2)17(14)4;8-6-7-4-2-1-3-5-7/h7-10,12H,3-6,11H2,1-2H3;7-10H,2,5-6,11-12H2,1,3-4H3;1-5H/b16-15-;9-7-,10-8-,15-14?;. The monoisotopic (exact) mass is 579 g/mol. The van der Waals surface area contributed by atoms with Gasteiger partial charge < -0.3 is 4.90 Å². The largest absolute Gasteiger partial charge is 0.333 e. The van der Waals surface area contributed by atoms with Gasteiger partial charge in [0.1, 0.15) is 12.1 Å². The fourth-order valence-electron chi connectivity index (χ4n) is 3.84. The summed E-state index contributed by atoms with van der Waals surface area (Å²) in [4.78, 5) is 24.1. The molecule has 0 radical (unpaired) electrons. The molecular formula is C37H49N5O. The van der Waals surface area contributed by atoms with E-state index in [4.69, 9.17) is 5.26 Å². The summed E-state index contributed by atoms with van der Waals surface area (Å²) in [5.41, 5.74) is 5.66. The van der Waals surface area contributed by atoms with Crippen LogP contribution >= 0.6 is 0 Å². The average Bonchev–Trinajstić information content (AvgIpc) is 3.04.